The number of Topliss-reactive ketones (excluding diaryl/α,β-unsaturated/α-hetero) is 1. The van der Waals surface area contributed by atoms with Gasteiger partial charge in [0.1, 0.15) is 0 Å². The lowest BCUT2D eigenvalue weighted by Crippen LogP contribution is -2.13. The molecule has 0 saturated carbocycles. The zero-order chi connectivity index (χ0) is 23.5. The summed E-state index contributed by atoms with van der Waals surface area (Å²) < 4.78 is 7.37. The van der Waals surface area contributed by atoms with Crippen LogP contribution in [0, 0.1) is 0 Å². The van der Waals surface area contributed by atoms with Gasteiger partial charge in [-0.3, -0.25) is 9.36 Å². The van der Waals surface area contributed by atoms with Crippen molar-refractivity contribution in [3.05, 3.63) is 83.4 Å². The number of carbonyl (C=O) groups is 3. The standard InChI is InChI=1S/C25H20N2O6/c1-2-33-25-26-20-9-5-8-19(23(29)30)21(20)27(25)14-15-10-12-16(13-11-15)17-6-3-4-7-18(17)22(28)24(31)32/h3-13H,2,14H2,1H3,(H,29,30)(H,31,32). The highest BCUT2D eigenvalue weighted by Crippen LogP contribution is 2.28. The fraction of sp³-hybridized carbons (Fsp3) is 0.120. The van der Waals surface area contributed by atoms with E-state index in [2.05, 4.69) is 4.98 Å². The predicted octanol–water partition coefficient (Wildman–Crippen LogP) is 4.12. The number of carboxylic acids is 2. The number of rotatable bonds is 8. The number of aliphatic carboxylic acids is 1. The molecule has 2 N–H and O–H groups in total. The van der Waals surface area contributed by atoms with Gasteiger partial charge in [0.15, 0.2) is 0 Å². The molecular weight excluding hydrogens is 424 g/mol. The predicted molar refractivity (Wildman–Crippen MR) is 121 cm³/mol. The third-order valence-electron chi connectivity index (χ3n) is 5.21. The van der Waals surface area contributed by atoms with Crippen molar-refractivity contribution in [1.29, 1.82) is 0 Å². The number of benzene rings is 3. The van der Waals surface area contributed by atoms with Gasteiger partial charge in [-0.25, -0.2) is 9.59 Å². The topological polar surface area (TPSA) is 119 Å². The van der Waals surface area contributed by atoms with Gasteiger partial charge in [-0.05, 0) is 35.7 Å². The summed E-state index contributed by atoms with van der Waals surface area (Å²) in [5, 5.41) is 18.7. The molecule has 166 valence electrons. The molecule has 0 radical (unpaired) electrons. The van der Waals surface area contributed by atoms with Gasteiger partial charge in [0.25, 0.3) is 11.8 Å². The number of carbonyl (C=O) groups excluding carboxylic acids is 1. The number of hydrogen-bond donors (Lipinski definition) is 2. The third-order valence-corrected chi connectivity index (χ3v) is 5.21. The Balaban J connectivity index is 1.73. The summed E-state index contributed by atoms with van der Waals surface area (Å²) in [5.41, 5.74) is 3.29. The fourth-order valence-corrected chi connectivity index (χ4v) is 3.74. The van der Waals surface area contributed by atoms with Gasteiger partial charge in [-0.2, -0.15) is 4.98 Å². The summed E-state index contributed by atoms with van der Waals surface area (Å²) in [6.45, 7) is 2.51. The highest BCUT2D eigenvalue weighted by atomic mass is 16.5. The number of fused-ring (bicyclic) bond motifs is 1. The molecule has 0 fully saturated rings. The second-order valence-corrected chi connectivity index (χ2v) is 7.27. The number of ether oxygens (including phenoxy) is 1. The van der Waals surface area contributed by atoms with Crippen molar-refractivity contribution in [3.8, 4) is 17.1 Å². The van der Waals surface area contributed by atoms with Crippen LogP contribution in [0.25, 0.3) is 22.2 Å². The Hall–Kier alpha value is -4.46. The van der Waals surface area contributed by atoms with Gasteiger partial charge in [0.2, 0.25) is 0 Å². The van der Waals surface area contributed by atoms with E-state index in [4.69, 9.17) is 9.84 Å². The Morgan fingerprint density at radius 3 is 2.27 bits per heavy atom. The molecule has 1 aromatic heterocycles. The number of hydrogen-bond acceptors (Lipinski definition) is 5. The molecule has 33 heavy (non-hydrogen) atoms. The molecule has 0 saturated heterocycles. The van der Waals surface area contributed by atoms with Crippen LogP contribution >= 0.6 is 0 Å². The van der Waals surface area contributed by atoms with Gasteiger partial charge < -0.3 is 14.9 Å². The average molecular weight is 444 g/mol. The number of nitrogens with zero attached hydrogens (tertiary/aromatic N) is 2. The minimum absolute atomic E-state index is 0.114. The van der Waals surface area contributed by atoms with Gasteiger partial charge in [0.05, 0.1) is 29.7 Å². The van der Waals surface area contributed by atoms with Crippen LogP contribution in [0.4, 0.5) is 0 Å². The molecule has 0 spiro atoms. The molecule has 3 aromatic carbocycles. The second kappa shape index (κ2) is 8.96. The Labute approximate surface area is 188 Å². The number of aromatic nitrogens is 2. The van der Waals surface area contributed by atoms with Gasteiger partial charge in [-0.15, -0.1) is 0 Å². The largest absolute Gasteiger partial charge is 0.478 e. The fourth-order valence-electron chi connectivity index (χ4n) is 3.74. The molecule has 8 nitrogen and oxygen atoms in total. The summed E-state index contributed by atoms with van der Waals surface area (Å²) in [7, 11) is 0. The number of ketones is 1. The number of aromatic carboxylic acids is 1. The van der Waals surface area contributed by atoms with Crippen LogP contribution in [0.1, 0.15) is 33.2 Å². The molecule has 0 unspecified atom stereocenters. The van der Waals surface area contributed by atoms with Crippen LogP contribution in [-0.4, -0.2) is 44.1 Å². The highest BCUT2D eigenvalue weighted by Gasteiger charge is 2.20. The monoisotopic (exact) mass is 444 g/mol. The van der Waals surface area contributed by atoms with Gasteiger partial charge in [-0.1, -0.05) is 54.6 Å². The van der Waals surface area contributed by atoms with Crippen LogP contribution in [0.3, 0.4) is 0 Å². The summed E-state index contributed by atoms with van der Waals surface area (Å²) in [5.74, 6) is -3.54. The van der Waals surface area contributed by atoms with Crippen LogP contribution in [-0.2, 0) is 11.3 Å². The maximum atomic E-state index is 12.1. The van der Waals surface area contributed by atoms with E-state index in [-0.39, 0.29) is 11.1 Å². The summed E-state index contributed by atoms with van der Waals surface area (Å²) in [4.78, 5) is 39.4. The minimum Gasteiger partial charge on any atom is -0.478 e. The average Bonchev–Trinajstić information content (AvgIpc) is 3.16. The van der Waals surface area contributed by atoms with E-state index in [0.717, 1.165) is 5.56 Å². The maximum absolute atomic E-state index is 12.1. The lowest BCUT2D eigenvalue weighted by molar-refractivity contribution is -0.131. The van der Waals surface area contributed by atoms with E-state index in [1.807, 2.05) is 19.1 Å². The molecule has 0 aliphatic heterocycles. The van der Waals surface area contributed by atoms with Crippen molar-refractivity contribution >= 4 is 28.8 Å². The third kappa shape index (κ3) is 4.18. The summed E-state index contributed by atoms with van der Waals surface area (Å²) >= 11 is 0. The first-order valence-corrected chi connectivity index (χ1v) is 10.2. The van der Waals surface area contributed by atoms with Crippen molar-refractivity contribution in [3.63, 3.8) is 0 Å². The first-order chi connectivity index (χ1) is 15.9. The number of para-hydroxylation sites is 1. The maximum Gasteiger partial charge on any atom is 0.377 e. The van der Waals surface area contributed by atoms with Crippen molar-refractivity contribution in [1.82, 2.24) is 9.55 Å². The Bertz CT molecular complexity index is 1370. The van der Waals surface area contributed by atoms with Gasteiger partial charge >= 0.3 is 11.9 Å². The Morgan fingerprint density at radius 2 is 1.61 bits per heavy atom. The van der Waals surface area contributed by atoms with E-state index < -0.39 is 17.7 Å². The van der Waals surface area contributed by atoms with Crippen LogP contribution < -0.4 is 4.74 Å². The van der Waals surface area contributed by atoms with Crippen LogP contribution in [0.2, 0.25) is 0 Å². The molecule has 1 heterocycles. The first-order valence-electron chi connectivity index (χ1n) is 10.2. The molecule has 4 aromatic rings. The Morgan fingerprint density at radius 1 is 0.909 bits per heavy atom. The van der Waals surface area contributed by atoms with E-state index >= 15 is 0 Å². The van der Waals surface area contributed by atoms with E-state index in [1.165, 1.54) is 12.1 Å². The van der Waals surface area contributed by atoms with Gasteiger partial charge in [0, 0.05) is 5.56 Å². The molecule has 0 amide bonds. The lowest BCUT2D eigenvalue weighted by Gasteiger charge is -2.12. The molecule has 0 atom stereocenters. The highest BCUT2D eigenvalue weighted by molar-refractivity contribution is 6.41. The zero-order valence-electron chi connectivity index (χ0n) is 17.7. The molecule has 4 rings (SSSR count). The quantitative estimate of drug-likeness (QED) is 0.310. The van der Waals surface area contributed by atoms with Crippen molar-refractivity contribution in [2.45, 2.75) is 13.5 Å². The molecule has 8 heteroatoms. The first kappa shape index (κ1) is 21.8. The Kier molecular flexibility index (Phi) is 5.91. The van der Waals surface area contributed by atoms with E-state index in [9.17, 15) is 19.5 Å². The second-order valence-electron chi connectivity index (χ2n) is 7.27. The summed E-state index contributed by atoms with van der Waals surface area (Å²) in [6, 6.07) is 19.0. The summed E-state index contributed by atoms with van der Waals surface area (Å²) in [6.07, 6.45) is 0. The molecule has 0 aliphatic rings. The van der Waals surface area contributed by atoms with E-state index in [0.29, 0.717) is 41.3 Å². The molecule has 0 aliphatic carbocycles. The SMILES string of the molecule is CCOc1nc2cccc(C(=O)O)c2n1Cc1ccc(-c2ccccc2C(=O)C(=O)O)cc1. The smallest absolute Gasteiger partial charge is 0.377 e. The number of imidazole rings is 1. The van der Waals surface area contributed by atoms with E-state index in [1.54, 1.807) is 47.0 Å². The normalized spacial score (nSPS) is 10.8. The lowest BCUT2D eigenvalue weighted by atomic mass is 9.96. The number of carboxylic acid groups (broad SMARTS) is 2. The zero-order valence-corrected chi connectivity index (χ0v) is 17.7. The minimum atomic E-state index is -1.51. The van der Waals surface area contributed by atoms with Crippen molar-refractivity contribution < 1.29 is 29.3 Å². The van der Waals surface area contributed by atoms with Crippen molar-refractivity contribution in [2.75, 3.05) is 6.61 Å². The molecule has 0 bridgehead atoms. The molecular formula is C25H20N2O6. The van der Waals surface area contributed by atoms with Crippen LogP contribution in [0.15, 0.2) is 66.7 Å². The van der Waals surface area contributed by atoms with Crippen molar-refractivity contribution in [2.24, 2.45) is 0 Å². The van der Waals surface area contributed by atoms with Crippen LogP contribution in [0.5, 0.6) is 6.01 Å².